The minimum absolute atomic E-state index is 0.0788. The van der Waals surface area contributed by atoms with Gasteiger partial charge in [-0.25, -0.2) is 0 Å². The molecule has 0 rings (SSSR count). The summed E-state index contributed by atoms with van der Waals surface area (Å²) < 4.78 is 0. The average Bonchev–Trinajstić information content (AvgIpc) is 3.06. The summed E-state index contributed by atoms with van der Waals surface area (Å²) in [7, 11) is 0. The molecular weight excluding hydrogens is 566 g/mol. The van der Waals surface area contributed by atoms with E-state index in [0.717, 1.165) is 51.4 Å². The van der Waals surface area contributed by atoms with Crippen LogP contribution in [0.3, 0.4) is 0 Å². The Balaban J connectivity index is 3.65. The number of aliphatic hydroxyl groups is 2. The van der Waals surface area contributed by atoms with Crippen molar-refractivity contribution >= 4 is 5.91 Å². The van der Waals surface area contributed by atoms with Crippen LogP contribution in [-0.2, 0) is 4.79 Å². The van der Waals surface area contributed by atoms with Crippen LogP contribution in [-0.4, -0.2) is 34.9 Å². The summed E-state index contributed by atoms with van der Waals surface area (Å²) in [5, 5.41) is 22.9. The van der Waals surface area contributed by atoms with Crippen LogP contribution in [0.2, 0.25) is 0 Å². The van der Waals surface area contributed by atoms with Crippen molar-refractivity contribution in [2.75, 3.05) is 6.61 Å². The highest BCUT2D eigenvalue weighted by molar-refractivity contribution is 5.76. The minimum Gasteiger partial charge on any atom is -0.394 e. The predicted molar refractivity (Wildman–Crippen MR) is 202 cm³/mol. The summed E-state index contributed by atoms with van der Waals surface area (Å²) in [4.78, 5) is 12.3. The predicted octanol–water partition coefficient (Wildman–Crippen LogP) is 12.0. The molecule has 0 aliphatic rings. The molecular formula is C42H77NO3. The van der Waals surface area contributed by atoms with Crippen LogP contribution in [0.25, 0.3) is 0 Å². The zero-order valence-electron chi connectivity index (χ0n) is 30.6. The number of allylic oxidation sites excluding steroid dienone is 7. The van der Waals surface area contributed by atoms with Crippen molar-refractivity contribution in [2.45, 2.75) is 206 Å². The second-order valence-electron chi connectivity index (χ2n) is 13.3. The second kappa shape index (κ2) is 37.8. The zero-order valence-corrected chi connectivity index (χ0v) is 30.6. The number of nitrogens with one attached hydrogen (secondary N) is 1. The van der Waals surface area contributed by atoms with Crippen molar-refractivity contribution in [3.8, 4) is 0 Å². The molecule has 268 valence electrons. The molecule has 0 aromatic heterocycles. The first-order valence-electron chi connectivity index (χ1n) is 19.9. The minimum atomic E-state index is -0.844. The quantitative estimate of drug-likeness (QED) is 0.0475. The smallest absolute Gasteiger partial charge is 0.220 e. The lowest BCUT2D eigenvalue weighted by molar-refractivity contribution is -0.123. The van der Waals surface area contributed by atoms with Crippen molar-refractivity contribution in [2.24, 2.45) is 0 Å². The van der Waals surface area contributed by atoms with Gasteiger partial charge in [-0.1, -0.05) is 178 Å². The fraction of sp³-hybridized carbons (Fsp3) is 0.786. The molecule has 0 radical (unpaired) electrons. The van der Waals surface area contributed by atoms with Crippen LogP contribution in [0.15, 0.2) is 48.6 Å². The summed E-state index contributed by atoms with van der Waals surface area (Å²) in [6, 6.07) is -0.628. The second-order valence-corrected chi connectivity index (χ2v) is 13.3. The summed E-state index contributed by atoms with van der Waals surface area (Å²) in [6.45, 7) is 4.28. The molecule has 0 saturated carbocycles. The van der Waals surface area contributed by atoms with Crippen molar-refractivity contribution in [3.63, 3.8) is 0 Å². The van der Waals surface area contributed by atoms with E-state index in [9.17, 15) is 15.0 Å². The lowest BCUT2D eigenvalue weighted by atomic mass is 10.0. The van der Waals surface area contributed by atoms with Gasteiger partial charge in [0.15, 0.2) is 0 Å². The van der Waals surface area contributed by atoms with Gasteiger partial charge in [0.1, 0.15) is 0 Å². The van der Waals surface area contributed by atoms with Crippen molar-refractivity contribution in [1.29, 1.82) is 0 Å². The first kappa shape index (κ1) is 44.4. The number of hydrogen-bond acceptors (Lipinski definition) is 3. The number of amides is 1. The van der Waals surface area contributed by atoms with Crippen molar-refractivity contribution < 1.29 is 15.0 Å². The van der Waals surface area contributed by atoms with Gasteiger partial charge in [0.05, 0.1) is 18.8 Å². The lowest BCUT2D eigenvalue weighted by Crippen LogP contribution is -2.45. The van der Waals surface area contributed by atoms with Crippen LogP contribution in [0.5, 0.6) is 0 Å². The molecule has 1 amide bonds. The molecule has 4 heteroatoms. The van der Waals surface area contributed by atoms with Gasteiger partial charge in [0.2, 0.25) is 5.91 Å². The molecule has 0 bridgehead atoms. The summed E-state index contributed by atoms with van der Waals surface area (Å²) in [6.07, 6.45) is 50.5. The maximum Gasteiger partial charge on any atom is 0.220 e. The molecule has 4 nitrogen and oxygen atoms in total. The Morgan fingerprint density at radius 1 is 0.522 bits per heavy atom. The third-order valence-electron chi connectivity index (χ3n) is 8.81. The van der Waals surface area contributed by atoms with E-state index < -0.39 is 12.1 Å². The molecule has 0 aromatic carbocycles. The molecule has 0 aromatic rings. The van der Waals surface area contributed by atoms with Crippen LogP contribution in [0.4, 0.5) is 0 Å². The fourth-order valence-corrected chi connectivity index (χ4v) is 5.71. The molecule has 3 N–H and O–H groups in total. The maximum atomic E-state index is 12.3. The Labute approximate surface area is 286 Å². The summed E-state index contributed by atoms with van der Waals surface area (Å²) >= 11 is 0. The highest BCUT2D eigenvalue weighted by Crippen LogP contribution is 2.13. The number of rotatable bonds is 35. The van der Waals surface area contributed by atoms with Crippen LogP contribution < -0.4 is 5.32 Å². The SMILES string of the molecule is CCCCCCC/C=C\C/C=C\C/C=C\CCCCCCCCC(=O)NC(CO)C(O)/C=C/CCCCCCCCCCCCC. The third-order valence-corrected chi connectivity index (χ3v) is 8.81. The van der Waals surface area contributed by atoms with Gasteiger partial charge in [0, 0.05) is 6.42 Å². The van der Waals surface area contributed by atoms with Crippen LogP contribution >= 0.6 is 0 Å². The number of carbonyl (C=O) groups is 1. The van der Waals surface area contributed by atoms with Gasteiger partial charge in [-0.05, 0) is 57.8 Å². The molecule has 2 unspecified atom stereocenters. The first-order chi connectivity index (χ1) is 22.7. The molecule has 0 heterocycles. The van der Waals surface area contributed by atoms with Gasteiger partial charge in [-0.15, -0.1) is 0 Å². The topological polar surface area (TPSA) is 69.6 Å². The van der Waals surface area contributed by atoms with Crippen LogP contribution in [0.1, 0.15) is 194 Å². The summed E-state index contributed by atoms with van der Waals surface area (Å²) in [5.74, 6) is -0.0788. The Morgan fingerprint density at radius 3 is 1.33 bits per heavy atom. The van der Waals surface area contributed by atoms with Crippen LogP contribution in [0, 0.1) is 0 Å². The molecule has 0 spiro atoms. The van der Waals surface area contributed by atoms with Crippen molar-refractivity contribution in [3.05, 3.63) is 48.6 Å². The Bertz CT molecular complexity index is 741. The highest BCUT2D eigenvalue weighted by atomic mass is 16.3. The molecule has 2 atom stereocenters. The third kappa shape index (κ3) is 33.7. The molecule has 0 aliphatic carbocycles. The van der Waals surface area contributed by atoms with E-state index in [1.54, 1.807) is 6.08 Å². The fourth-order valence-electron chi connectivity index (χ4n) is 5.71. The first-order valence-corrected chi connectivity index (χ1v) is 19.9. The van der Waals surface area contributed by atoms with E-state index in [-0.39, 0.29) is 12.5 Å². The molecule has 0 saturated heterocycles. The van der Waals surface area contributed by atoms with E-state index >= 15 is 0 Å². The van der Waals surface area contributed by atoms with Gasteiger partial charge < -0.3 is 15.5 Å². The normalized spacial score (nSPS) is 13.6. The van der Waals surface area contributed by atoms with Gasteiger partial charge >= 0.3 is 0 Å². The van der Waals surface area contributed by atoms with E-state index in [0.29, 0.717) is 6.42 Å². The largest absolute Gasteiger partial charge is 0.394 e. The number of hydrogen-bond donors (Lipinski definition) is 3. The average molecular weight is 644 g/mol. The van der Waals surface area contributed by atoms with Crippen molar-refractivity contribution in [1.82, 2.24) is 5.32 Å². The maximum absolute atomic E-state index is 12.3. The van der Waals surface area contributed by atoms with E-state index in [2.05, 4.69) is 55.6 Å². The number of aliphatic hydroxyl groups excluding tert-OH is 2. The Morgan fingerprint density at radius 2 is 0.891 bits per heavy atom. The van der Waals surface area contributed by atoms with E-state index in [1.165, 1.54) is 122 Å². The lowest BCUT2D eigenvalue weighted by Gasteiger charge is -2.20. The standard InChI is InChI=1S/C42H77NO3/c1-3-5-7-9-11-13-15-17-18-19-20-21-22-23-24-26-28-30-32-34-36-38-42(46)43-40(39-44)41(45)37-35-33-31-29-27-25-16-14-12-10-8-6-4-2/h15,17,19-20,22-23,35,37,40-41,44-45H,3-14,16,18,21,24-34,36,38-39H2,1-2H3,(H,43,46)/b17-15-,20-19-,23-22-,37-35+. The van der Waals surface area contributed by atoms with E-state index in [1.807, 2.05) is 6.08 Å². The highest BCUT2D eigenvalue weighted by Gasteiger charge is 2.17. The number of carbonyl (C=O) groups excluding carboxylic acids is 1. The summed E-state index contributed by atoms with van der Waals surface area (Å²) in [5.41, 5.74) is 0. The van der Waals surface area contributed by atoms with Gasteiger partial charge in [-0.3, -0.25) is 4.79 Å². The molecule has 46 heavy (non-hydrogen) atoms. The number of unbranched alkanes of at least 4 members (excludes halogenated alkanes) is 22. The Kier molecular flexibility index (Phi) is 36.4. The molecule has 0 fully saturated rings. The monoisotopic (exact) mass is 644 g/mol. The zero-order chi connectivity index (χ0) is 33.6. The Hall–Kier alpha value is -1.65. The molecule has 0 aliphatic heterocycles. The van der Waals surface area contributed by atoms with Gasteiger partial charge in [-0.2, -0.15) is 0 Å². The van der Waals surface area contributed by atoms with Gasteiger partial charge in [0.25, 0.3) is 0 Å². The van der Waals surface area contributed by atoms with E-state index in [4.69, 9.17) is 0 Å².